The molecular formula is C22H18BrClN2O6. The van der Waals surface area contributed by atoms with Crippen LogP contribution >= 0.6 is 27.5 Å². The summed E-state index contributed by atoms with van der Waals surface area (Å²) in [5.74, 6) is 0.0484. The Labute approximate surface area is 197 Å². The molecule has 8 nitrogen and oxygen atoms in total. The Kier molecular flexibility index (Phi) is 8.29. The summed E-state index contributed by atoms with van der Waals surface area (Å²) in [6.07, 6.45) is 2.81. The maximum Gasteiger partial charge on any atom is 0.379 e. The maximum absolute atomic E-state index is 12.1. The second-order valence-corrected chi connectivity index (χ2v) is 7.45. The van der Waals surface area contributed by atoms with Gasteiger partial charge in [-0.15, -0.1) is 0 Å². The summed E-state index contributed by atoms with van der Waals surface area (Å²) in [6.45, 7) is 1.93. The molecule has 0 aliphatic carbocycles. The Bertz CT molecular complexity index is 1120. The van der Waals surface area contributed by atoms with Gasteiger partial charge in [0.2, 0.25) is 5.76 Å². The molecule has 0 aliphatic rings. The van der Waals surface area contributed by atoms with E-state index < -0.39 is 11.9 Å². The fraction of sp³-hybridized carbons (Fsp3) is 0.136. The number of halogens is 2. The van der Waals surface area contributed by atoms with Gasteiger partial charge in [0.05, 0.1) is 23.6 Å². The third-order valence-electron chi connectivity index (χ3n) is 3.85. The summed E-state index contributed by atoms with van der Waals surface area (Å²) in [5, 5.41) is 4.45. The molecule has 10 heteroatoms. The van der Waals surface area contributed by atoms with E-state index in [1.807, 2.05) is 0 Å². The van der Waals surface area contributed by atoms with Crippen LogP contribution in [0.25, 0.3) is 0 Å². The number of ether oxygens (including phenoxy) is 3. The van der Waals surface area contributed by atoms with Gasteiger partial charge < -0.3 is 18.6 Å². The quantitative estimate of drug-likeness (QED) is 0.187. The van der Waals surface area contributed by atoms with Crippen molar-refractivity contribution in [3.8, 4) is 17.2 Å². The van der Waals surface area contributed by atoms with Crippen LogP contribution in [0.4, 0.5) is 0 Å². The van der Waals surface area contributed by atoms with Gasteiger partial charge in [-0.2, -0.15) is 5.10 Å². The molecule has 0 spiro atoms. The number of hydrogen-bond donors (Lipinski definition) is 1. The molecule has 1 heterocycles. The highest BCUT2D eigenvalue weighted by Crippen LogP contribution is 2.29. The molecule has 0 bridgehead atoms. The van der Waals surface area contributed by atoms with E-state index >= 15 is 0 Å². The minimum atomic E-state index is -0.642. The number of rotatable bonds is 9. The SMILES string of the molecule is CCOc1cc(/C=N/NC(=O)COc2ccc(Cl)cc2Br)ccc1OC(=O)c1ccco1. The van der Waals surface area contributed by atoms with Gasteiger partial charge in [-0.1, -0.05) is 11.6 Å². The molecule has 0 atom stereocenters. The molecular weight excluding hydrogens is 504 g/mol. The molecule has 0 aliphatic heterocycles. The molecule has 32 heavy (non-hydrogen) atoms. The fourth-order valence-corrected chi connectivity index (χ4v) is 3.25. The number of carbonyl (C=O) groups is 2. The molecule has 2 aromatic carbocycles. The second kappa shape index (κ2) is 11.4. The van der Waals surface area contributed by atoms with Crippen molar-refractivity contribution in [2.75, 3.05) is 13.2 Å². The Morgan fingerprint density at radius 2 is 1.94 bits per heavy atom. The van der Waals surface area contributed by atoms with Gasteiger partial charge in [0.25, 0.3) is 5.91 Å². The Hall–Kier alpha value is -3.30. The van der Waals surface area contributed by atoms with Gasteiger partial charge in [0.1, 0.15) is 5.75 Å². The van der Waals surface area contributed by atoms with Crippen LogP contribution in [0.2, 0.25) is 5.02 Å². The first-order valence-corrected chi connectivity index (χ1v) is 10.6. The van der Waals surface area contributed by atoms with Crippen LogP contribution in [0, 0.1) is 0 Å². The van der Waals surface area contributed by atoms with Gasteiger partial charge in [-0.05, 0) is 76.9 Å². The zero-order valence-electron chi connectivity index (χ0n) is 16.8. The fourth-order valence-electron chi connectivity index (χ4n) is 2.45. The summed E-state index contributed by atoms with van der Waals surface area (Å²) in [6, 6.07) is 12.9. The molecule has 1 N–H and O–H groups in total. The highest BCUT2D eigenvalue weighted by molar-refractivity contribution is 9.10. The van der Waals surface area contributed by atoms with E-state index in [0.29, 0.717) is 33.2 Å². The molecule has 3 rings (SSSR count). The van der Waals surface area contributed by atoms with Crippen molar-refractivity contribution in [1.82, 2.24) is 5.43 Å². The smallest absolute Gasteiger partial charge is 0.379 e. The summed E-state index contributed by atoms with van der Waals surface area (Å²) in [5.41, 5.74) is 2.99. The summed E-state index contributed by atoms with van der Waals surface area (Å²) in [7, 11) is 0. The number of hydrazone groups is 1. The lowest BCUT2D eigenvalue weighted by Crippen LogP contribution is -2.24. The Morgan fingerprint density at radius 1 is 1.12 bits per heavy atom. The van der Waals surface area contributed by atoms with Crippen LogP contribution in [0.1, 0.15) is 23.0 Å². The number of hydrogen-bond acceptors (Lipinski definition) is 7. The van der Waals surface area contributed by atoms with Crippen molar-refractivity contribution in [3.63, 3.8) is 0 Å². The second-order valence-electron chi connectivity index (χ2n) is 6.16. The number of esters is 1. The van der Waals surface area contributed by atoms with Gasteiger partial charge >= 0.3 is 5.97 Å². The summed E-state index contributed by atoms with van der Waals surface area (Å²) < 4.78 is 22.0. The maximum atomic E-state index is 12.1. The van der Waals surface area contributed by atoms with Crippen molar-refractivity contribution in [2.45, 2.75) is 6.92 Å². The molecule has 3 aromatic rings. The Morgan fingerprint density at radius 3 is 2.66 bits per heavy atom. The number of nitrogens with one attached hydrogen (secondary N) is 1. The third-order valence-corrected chi connectivity index (χ3v) is 4.70. The monoisotopic (exact) mass is 520 g/mol. The van der Waals surface area contributed by atoms with Crippen molar-refractivity contribution >= 4 is 45.6 Å². The molecule has 0 unspecified atom stereocenters. The van der Waals surface area contributed by atoms with E-state index in [0.717, 1.165) is 0 Å². The van der Waals surface area contributed by atoms with Crippen LogP contribution in [-0.2, 0) is 4.79 Å². The van der Waals surface area contributed by atoms with Gasteiger partial charge in [-0.25, -0.2) is 10.2 Å². The average molecular weight is 522 g/mol. The van der Waals surface area contributed by atoms with Crippen molar-refractivity contribution in [1.29, 1.82) is 0 Å². The number of amides is 1. The van der Waals surface area contributed by atoms with E-state index in [1.165, 1.54) is 18.5 Å². The normalized spacial score (nSPS) is 10.7. The van der Waals surface area contributed by atoms with Crippen LogP contribution in [0.3, 0.4) is 0 Å². The van der Waals surface area contributed by atoms with E-state index in [-0.39, 0.29) is 18.1 Å². The zero-order valence-corrected chi connectivity index (χ0v) is 19.2. The van der Waals surface area contributed by atoms with Crippen molar-refractivity contribution < 1.29 is 28.2 Å². The molecule has 0 radical (unpaired) electrons. The summed E-state index contributed by atoms with van der Waals surface area (Å²) in [4.78, 5) is 24.1. The lowest BCUT2D eigenvalue weighted by atomic mass is 10.2. The van der Waals surface area contributed by atoms with E-state index in [1.54, 1.807) is 49.4 Å². The number of benzene rings is 2. The number of furan rings is 1. The van der Waals surface area contributed by atoms with Gasteiger partial charge in [0, 0.05) is 5.02 Å². The minimum absolute atomic E-state index is 0.0775. The largest absolute Gasteiger partial charge is 0.490 e. The first-order valence-electron chi connectivity index (χ1n) is 9.38. The lowest BCUT2D eigenvalue weighted by Gasteiger charge is -2.10. The zero-order chi connectivity index (χ0) is 22.9. The molecule has 0 saturated heterocycles. The van der Waals surface area contributed by atoms with Crippen LogP contribution in [0.5, 0.6) is 17.2 Å². The molecule has 1 aromatic heterocycles. The van der Waals surface area contributed by atoms with Crippen molar-refractivity contribution in [2.24, 2.45) is 5.10 Å². The first-order chi connectivity index (χ1) is 15.5. The first kappa shape index (κ1) is 23.4. The van der Waals surface area contributed by atoms with E-state index in [9.17, 15) is 9.59 Å². The highest BCUT2D eigenvalue weighted by atomic mass is 79.9. The summed E-state index contributed by atoms with van der Waals surface area (Å²) >= 11 is 9.19. The van der Waals surface area contributed by atoms with Crippen LogP contribution < -0.4 is 19.6 Å². The molecule has 166 valence electrons. The molecule has 0 saturated carbocycles. The topological polar surface area (TPSA) is 99.4 Å². The lowest BCUT2D eigenvalue weighted by molar-refractivity contribution is -0.123. The predicted molar refractivity (Wildman–Crippen MR) is 122 cm³/mol. The van der Waals surface area contributed by atoms with E-state index in [2.05, 4.69) is 26.5 Å². The molecule has 0 fully saturated rings. The standard InChI is InChI=1S/C22H18BrClN2O6/c1-2-29-20-10-14(5-7-18(20)32-22(28)19-4-3-9-30-19)12-25-26-21(27)13-31-17-8-6-15(24)11-16(17)23/h3-12H,2,13H2,1H3,(H,26,27)/b25-12+. The van der Waals surface area contributed by atoms with Crippen LogP contribution in [-0.4, -0.2) is 31.3 Å². The average Bonchev–Trinajstić information content (AvgIpc) is 3.30. The third kappa shape index (κ3) is 6.60. The molecule has 1 amide bonds. The predicted octanol–water partition coefficient (Wildman–Crippen LogP) is 4.84. The van der Waals surface area contributed by atoms with Crippen LogP contribution in [0.15, 0.2) is 68.8 Å². The number of nitrogens with zero attached hydrogens (tertiary/aromatic N) is 1. The minimum Gasteiger partial charge on any atom is -0.490 e. The van der Waals surface area contributed by atoms with E-state index in [4.69, 9.17) is 30.2 Å². The Balaban J connectivity index is 1.58. The highest BCUT2D eigenvalue weighted by Gasteiger charge is 2.15. The van der Waals surface area contributed by atoms with Gasteiger partial charge in [0.15, 0.2) is 18.1 Å². The van der Waals surface area contributed by atoms with Crippen molar-refractivity contribution in [3.05, 3.63) is 75.6 Å². The number of carbonyl (C=O) groups excluding carboxylic acids is 2. The van der Waals surface area contributed by atoms with Gasteiger partial charge in [-0.3, -0.25) is 4.79 Å².